The predicted octanol–water partition coefficient (Wildman–Crippen LogP) is 3.21. The molecule has 0 unspecified atom stereocenters. The highest BCUT2D eigenvalue weighted by Gasteiger charge is 2.22. The second-order valence-corrected chi connectivity index (χ2v) is 6.85. The summed E-state index contributed by atoms with van der Waals surface area (Å²) in [6.07, 6.45) is 0. The van der Waals surface area contributed by atoms with E-state index in [9.17, 15) is 18.0 Å². The van der Waals surface area contributed by atoms with Crippen molar-refractivity contribution in [1.29, 1.82) is 0 Å². The molecule has 0 aliphatic carbocycles. The normalized spacial score (nSPS) is 11.9. The predicted molar refractivity (Wildman–Crippen MR) is 96.0 cm³/mol. The van der Waals surface area contributed by atoms with Crippen LogP contribution in [0.25, 0.3) is 5.69 Å². The maximum atomic E-state index is 13.7. The van der Waals surface area contributed by atoms with Crippen LogP contribution in [0.1, 0.15) is 6.92 Å². The van der Waals surface area contributed by atoms with E-state index in [1.165, 1.54) is 4.68 Å². The van der Waals surface area contributed by atoms with Crippen LogP contribution in [0.2, 0.25) is 0 Å². The minimum atomic E-state index is -1.65. The first-order chi connectivity index (χ1) is 13.4. The number of ether oxygens (including phenoxy) is 1. The first-order valence-corrected chi connectivity index (χ1v) is 8.82. The van der Waals surface area contributed by atoms with Crippen LogP contribution in [-0.2, 0) is 4.79 Å². The molecule has 0 saturated carbocycles. The highest BCUT2D eigenvalue weighted by atomic mass is 32.2. The summed E-state index contributed by atoms with van der Waals surface area (Å²) >= 11 is 1.02. The van der Waals surface area contributed by atoms with Crippen molar-refractivity contribution >= 4 is 23.4 Å². The minimum absolute atomic E-state index is 0.318. The van der Waals surface area contributed by atoms with Crippen LogP contribution < -0.4 is 10.1 Å². The summed E-state index contributed by atoms with van der Waals surface area (Å²) in [6, 6.07) is 8.61. The van der Waals surface area contributed by atoms with Gasteiger partial charge in [-0.1, -0.05) is 11.8 Å². The van der Waals surface area contributed by atoms with E-state index in [0.29, 0.717) is 16.6 Å². The van der Waals surface area contributed by atoms with Crippen molar-refractivity contribution in [3.8, 4) is 11.4 Å². The number of thioether (sulfide) groups is 1. The van der Waals surface area contributed by atoms with E-state index in [1.54, 1.807) is 38.3 Å². The Morgan fingerprint density at radius 1 is 1.14 bits per heavy atom. The number of rotatable bonds is 6. The molecule has 11 heteroatoms. The van der Waals surface area contributed by atoms with E-state index in [-0.39, 0.29) is 0 Å². The zero-order valence-corrected chi connectivity index (χ0v) is 15.5. The van der Waals surface area contributed by atoms with E-state index in [0.717, 1.165) is 23.9 Å². The monoisotopic (exact) mass is 409 g/mol. The van der Waals surface area contributed by atoms with Gasteiger partial charge in [0.1, 0.15) is 5.75 Å². The highest BCUT2D eigenvalue weighted by Crippen LogP contribution is 2.26. The first kappa shape index (κ1) is 19.7. The van der Waals surface area contributed by atoms with Gasteiger partial charge in [0.2, 0.25) is 11.1 Å². The number of nitrogens with one attached hydrogen (secondary N) is 1. The number of hydrogen-bond donors (Lipinski definition) is 1. The van der Waals surface area contributed by atoms with Crippen LogP contribution in [0.15, 0.2) is 41.6 Å². The Hall–Kier alpha value is -3.08. The van der Waals surface area contributed by atoms with Crippen LogP contribution in [0.5, 0.6) is 5.75 Å². The van der Waals surface area contributed by atoms with Crippen molar-refractivity contribution in [2.45, 2.75) is 17.3 Å². The first-order valence-electron chi connectivity index (χ1n) is 7.94. The lowest BCUT2D eigenvalue weighted by atomic mass is 10.2. The smallest absolute Gasteiger partial charge is 0.237 e. The van der Waals surface area contributed by atoms with Crippen LogP contribution >= 0.6 is 11.8 Å². The van der Waals surface area contributed by atoms with Crippen molar-refractivity contribution < 1.29 is 22.7 Å². The summed E-state index contributed by atoms with van der Waals surface area (Å²) in [5.74, 6) is -4.42. The fourth-order valence-electron chi connectivity index (χ4n) is 2.21. The van der Waals surface area contributed by atoms with E-state index in [2.05, 4.69) is 20.8 Å². The molecule has 0 aliphatic rings. The van der Waals surface area contributed by atoms with Crippen LogP contribution in [0.4, 0.5) is 18.9 Å². The maximum Gasteiger partial charge on any atom is 0.237 e. The number of anilines is 1. The van der Waals surface area contributed by atoms with Crippen LogP contribution in [-0.4, -0.2) is 38.5 Å². The summed E-state index contributed by atoms with van der Waals surface area (Å²) in [7, 11) is 1.55. The third-order valence-corrected chi connectivity index (χ3v) is 4.74. The average molecular weight is 409 g/mol. The number of aromatic nitrogens is 4. The topological polar surface area (TPSA) is 81.9 Å². The lowest BCUT2D eigenvalue weighted by Gasteiger charge is -2.12. The van der Waals surface area contributed by atoms with Gasteiger partial charge in [0.05, 0.1) is 23.7 Å². The Kier molecular flexibility index (Phi) is 5.83. The molecular weight excluding hydrogens is 395 g/mol. The minimum Gasteiger partial charge on any atom is -0.497 e. The van der Waals surface area contributed by atoms with Gasteiger partial charge in [-0.25, -0.2) is 13.2 Å². The molecule has 1 N–H and O–H groups in total. The average Bonchev–Trinajstić information content (AvgIpc) is 3.16. The molecule has 7 nitrogen and oxygen atoms in total. The number of carbonyl (C=O) groups excluding carboxylic acids is 1. The van der Waals surface area contributed by atoms with Gasteiger partial charge in [-0.2, -0.15) is 4.68 Å². The van der Waals surface area contributed by atoms with Crippen LogP contribution in [0, 0.1) is 17.5 Å². The molecule has 0 fully saturated rings. The number of halogens is 3. The number of tetrazole rings is 1. The second-order valence-electron chi connectivity index (χ2n) is 5.54. The summed E-state index contributed by atoms with van der Waals surface area (Å²) in [6.45, 7) is 1.55. The molecule has 1 amide bonds. The van der Waals surface area contributed by atoms with Gasteiger partial charge in [-0.15, -0.1) is 5.10 Å². The zero-order chi connectivity index (χ0) is 20.3. The molecule has 0 aliphatic heterocycles. The standard InChI is InChI=1S/C17H14F3N5O2S/c1-9(16(26)21-13-8-7-12(18)14(19)15(13)20)28-17-22-23-24-25(17)10-3-5-11(27-2)6-4-10/h3-9H,1-2H3,(H,21,26)/t9-/m0/s1. The van der Waals surface area contributed by atoms with Crippen LogP contribution in [0.3, 0.4) is 0 Å². The van der Waals surface area contributed by atoms with Crippen molar-refractivity contribution in [2.75, 3.05) is 12.4 Å². The number of hydrogen-bond acceptors (Lipinski definition) is 6. The SMILES string of the molecule is COc1ccc(-n2nnnc2S[C@@H](C)C(=O)Nc2ccc(F)c(F)c2F)cc1. The number of nitrogens with zero attached hydrogens (tertiary/aromatic N) is 4. The molecule has 0 spiro atoms. The van der Waals surface area contributed by atoms with E-state index in [1.807, 2.05) is 0 Å². The molecule has 146 valence electrons. The molecule has 0 saturated heterocycles. The van der Waals surface area contributed by atoms with Crippen molar-refractivity contribution in [1.82, 2.24) is 20.2 Å². The van der Waals surface area contributed by atoms with Gasteiger partial charge >= 0.3 is 0 Å². The van der Waals surface area contributed by atoms with Gasteiger partial charge in [0.15, 0.2) is 17.5 Å². The van der Waals surface area contributed by atoms with Gasteiger partial charge in [0, 0.05) is 0 Å². The molecular formula is C17H14F3N5O2S. The fraction of sp³-hybridized carbons (Fsp3) is 0.176. The molecule has 3 aromatic rings. The summed E-state index contributed by atoms with van der Waals surface area (Å²) in [5, 5.41) is 13.2. The second kappa shape index (κ2) is 8.30. The third kappa shape index (κ3) is 4.09. The molecule has 2 aromatic carbocycles. The maximum absolute atomic E-state index is 13.7. The number of carbonyl (C=O) groups is 1. The van der Waals surface area contributed by atoms with Gasteiger partial charge < -0.3 is 10.1 Å². The largest absolute Gasteiger partial charge is 0.497 e. The summed E-state index contributed by atoms with van der Waals surface area (Å²) in [5.41, 5.74) is 0.193. The Morgan fingerprint density at radius 2 is 1.86 bits per heavy atom. The summed E-state index contributed by atoms with van der Waals surface area (Å²) in [4.78, 5) is 12.3. The molecule has 28 heavy (non-hydrogen) atoms. The number of methoxy groups -OCH3 is 1. The Morgan fingerprint density at radius 3 is 2.54 bits per heavy atom. The molecule has 3 rings (SSSR count). The molecule has 1 heterocycles. The molecule has 1 aromatic heterocycles. The Balaban J connectivity index is 1.73. The van der Waals surface area contributed by atoms with Gasteiger partial charge in [0.25, 0.3) is 0 Å². The number of amides is 1. The Bertz CT molecular complexity index is 997. The molecule has 1 atom stereocenters. The number of benzene rings is 2. The van der Waals surface area contributed by atoms with Gasteiger partial charge in [-0.3, -0.25) is 4.79 Å². The van der Waals surface area contributed by atoms with Gasteiger partial charge in [-0.05, 0) is 53.7 Å². The lowest BCUT2D eigenvalue weighted by molar-refractivity contribution is -0.115. The molecule has 0 bridgehead atoms. The highest BCUT2D eigenvalue weighted by molar-refractivity contribution is 8.00. The summed E-state index contributed by atoms with van der Waals surface area (Å²) < 4.78 is 46.5. The lowest BCUT2D eigenvalue weighted by Crippen LogP contribution is -2.23. The molecule has 0 radical (unpaired) electrons. The van der Waals surface area contributed by atoms with Crippen molar-refractivity contribution in [3.05, 3.63) is 53.8 Å². The van der Waals surface area contributed by atoms with E-state index < -0.39 is 34.3 Å². The fourth-order valence-corrected chi connectivity index (χ4v) is 3.01. The van der Waals surface area contributed by atoms with Crippen molar-refractivity contribution in [3.63, 3.8) is 0 Å². The zero-order valence-electron chi connectivity index (χ0n) is 14.7. The Labute approximate surface area is 161 Å². The van der Waals surface area contributed by atoms with Crippen molar-refractivity contribution in [2.24, 2.45) is 0 Å². The quantitative estimate of drug-likeness (QED) is 0.497. The third-order valence-electron chi connectivity index (χ3n) is 3.70. The van der Waals surface area contributed by atoms with E-state index >= 15 is 0 Å². The van der Waals surface area contributed by atoms with E-state index in [4.69, 9.17) is 4.74 Å².